The van der Waals surface area contributed by atoms with Gasteiger partial charge in [-0.1, -0.05) is 12.2 Å². The van der Waals surface area contributed by atoms with Crippen LogP contribution in [0.15, 0.2) is 59.9 Å². The Balaban J connectivity index is 1.72. The van der Waals surface area contributed by atoms with Gasteiger partial charge in [0.15, 0.2) is 0 Å². The molecule has 1 N–H and O–H groups in total. The van der Waals surface area contributed by atoms with Gasteiger partial charge in [-0.15, -0.1) is 0 Å². The molecule has 0 saturated carbocycles. The third-order valence-electron chi connectivity index (χ3n) is 3.87. The number of allylic oxidation sites excluding steroid dienone is 6. The number of imide groups is 1. The van der Waals surface area contributed by atoms with Crippen molar-refractivity contribution in [2.75, 3.05) is 0 Å². The zero-order valence-corrected chi connectivity index (χ0v) is 10.7. The van der Waals surface area contributed by atoms with Crippen LogP contribution in [0.3, 0.4) is 0 Å². The predicted octanol–water partition coefficient (Wildman–Crippen LogP) is 1.12. The highest BCUT2D eigenvalue weighted by atomic mass is 16.2. The molecule has 4 aliphatic rings. The lowest BCUT2D eigenvalue weighted by Gasteiger charge is -2.34. The van der Waals surface area contributed by atoms with Gasteiger partial charge in [-0.25, -0.2) is 0 Å². The van der Waals surface area contributed by atoms with Crippen LogP contribution in [0.2, 0.25) is 0 Å². The van der Waals surface area contributed by atoms with Crippen LogP contribution in [-0.2, 0) is 9.59 Å². The van der Waals surface area contributed by atoms with E-state index in [0.717, 1.165) is 17.2 Å². The van der Waals surface area contributed by atoms with Crippen LogP contribution in [-0.4, -0.2) is 27.7 Å². The van der Waals surface area contributed by atoms with Crippen LogP contribution >= 0.6 is 0 Å². The summed E-state index contributed by atoms with van der Waals surface area (Å²) in [5, 5.41) is 2.42. The first kappa shape index (κ1) is 11.3. The fourth-order valence-electron chi connectivity index (χ4n) is 2.95. The summed E-state index contributed by atoms with van der Waals surface area (Å²) in [5.41, 5.74) is 2.13. The van der Waals surface area contributed by atoms with Crippen LogP contribution in [0.25, 0.3) is 0 Å². The number of nitrogens with zero attached hydrogens (tertiary/aromatic N) is 2. The number of hydrogen-bond donors (Lipinski definition) is 1. The van der Waals surface area contributed by atoms with Crippen molar-refractivity contribution in [3.8, 4) is 0 Å². The summed E-state index contributed by atoms with van der Waals surface area (Å²) in [6, 6.07) is -0.321. The third-order valence-corrected chi connectivity index (χ3v) is 3.87. The molecule has 0 aliphatic carbocycles. The number of nitrogens with one attached hydrogen (secondary N) is 1. The molecule has 5 heteroatoms. The Kier molecular flexibility index (Phi) is 2.24. The SMILES string of the molecule is O=C1CCC(N2C=C3C=CC=C4C=CC=C2N43)C(=O)N1. The molecule has 0 bridgehead atoms. The zero-order chi connectivity index (χ0) is 13.7. The van der Waals surface area contributed by atoms with Gasteiger partial charge in [0, 0.05) is 18.3 Å². The molecule has 4 aliphatic heterocycles. The van der Waals surface area contributed by atoms with E-state index in [9.17, 15) is 9.59 Å². The maximum atomic E-state index is 12.1. The molecule has 2 amide bonds. The molecule has 0 aromatic rings. The monoisotopic (exact) mass is 267 g/mol. The highest BCUT2D eigenvalue weighted by molar-refractivity contribution is 6.00. The molecule has 0 aromatic heterocycles. The fourth-order valence-corrected chi connectivity index (χ4v) is 2.95. The molecule has 0 radical (unpaired) electrons. The van der Waals surface area contributed by atoms with Crippen LogP contribution in [0.4, 0.5) is 0 Å². The molecule has 4 rings (SSSR count). The van der Waals surface area contributed by atoms with Gasteiger partial charge in [0.25, 0.3) is 0 Å². The van der Waals surface area contributed by atoms with Gasteiger partial charge in [-0.2, -0.15) is 0 Å². The summed E-state index contributed by atoms with van der Waals surface area (Å²) in [4.78, 5) is 27.4. The predicted molar refractivity (Wildman–Crippen MR) is 72.4 cm³/mol. The number of hydrogen-bond acceptors (Lipinski definition) is 4. The first-order chi connectivity index (χ1) is 9.74. The van der Waals surface area contributed by atoms with Crippen LogP contribution in [0.1, 0.15) is 12.8 Å². The lowest BCUT2D eigenvalue weighted by atomic mass is 10.0. The van der Waals surface area contributed by atoms with Crippen molar-refractivity contribution < 1.29 is 9.59 Å². The average Bonchev–Trinajstić information content (AvgIpc) is 2.80. The average molecular weight is 267 g/mol. The van der Waals surface area contributed by atoms with Crippen molar-refractivity contribution in [3.63, 3.8) is 0 Å². The molecule has 1 fully saturated rings. The summed E-state index contributed by atoms with van der Waals surface area (Å²) in [7, 11) is 0. The number of rotatable bonds is 1. The Labute approximate surface area is 116 Å². The van der Waals surface area contributed by atoms with Gasteiger partial charge < -0.3 is 4.90 Å². The van der Waals surface area contributed by atoms with Crippen LogP contribution < -0.4 is 5.32 Å². The molecule has 100 valence electrons. The normalized spacial score (nSPS) is 27.0. The Morgan fingerprint density at radius 3 is 2.75 bits per heavy atom. The molecule has 0 aromatic carbocycles. The minimum Gasteiger partial charge on any atom is -0.319 e. The molecular weight excluding hydrogens is 254 g/mol. The van der Waals surface area contributed by atoms with Gasteiger partial charge in [0.2, 0.25) is 11.8 Å². The minimum absolute atomic E-state index is 0.186. The van der Waals surface area contributed by atoms with E-state index < -0.39 is 0 Å². The summed E-state index contributed by atoms with van der Waals surface area (Å²) >= 11 is 0. The first-order valence-corrected chi connectivity index (χ1v) is 6.65. The van der Waals surface area contributed by atoms with Crippen LogP contribution in [0, 0.1) is 0 Å². The van der Waals surface area contributed by atoms with E-state index in [1.165, 1.54) is 0 Å². The Bertz CT molecular complexity index is 667. The fraction of sp³-hybridized carbons (Fsp3) is 0.200. The van der Waals surface area contributed by atoms with Gasteiger partial charge in [-0.3, -0.25) is 19.8 Å². The van der Waals surface area contributed by atoms with Crippen molar-refractivity contribution in [2.45, 2.75) is 18.9 Å². The second-order valence-electron chi connectivity index (χ2n) is 5.10. The summed E-state index contributed by atoms with van der Waals surface area (Å²) in [6.07, 6.45) is 15.0. The molecule has 20 heavy (non-hydrogen) atoms. The van der Waals surface area contributed by atoms with E-state index in [0.29, 0.717) is 12.8 Å². The molecule has 0 spiro atoms. The lowest BCUT2D eigenvalue weighted by Crippen LogP contribution is -2.50. The van der Waals surface area contributed by atoms with E-state index in [2.05, 4.69) is 10.2 Å². The van der Waals surface area contributed by atoms with Crippen molar-refractivity contribution in [2.24, 2.45) is 0 Å². The van der Waals surface area contributed by atoms with Gasteiger partial charge >= 0.3 is 0 Å². The number of amides is 2. The maximum Gasteiger partial charge on any atom is 0.249 e. The standard InChI is InChI=1S/C15H13N3O2/c19-13-8-7-12(15(20)16-13)17-9-11-5-1-3-10-4-2-6-14(17)18(10)11/h1-6,9,12H,7-8H2,(H,16,19,20). The Hall–Kier alpha value is -2.56. The van der Waals surface area contributed by atoms with Gasteiger partial charge in [0.05, 0.1) is 5.70 Å². The van der Waals surface area contributed by atoms with Crippen molar-refractivity contribution in [3.05, 3.63) is 59.9 Å². The number of carbonyl (C=O) groups excluding carboxylic acids is 2. The molecule has 1 unspecified atom stereocenters. The minimum atomic E-state index is -0.321. The van der Waals surface area contributed by atoms with Crippen molar-refractivity contribution in [1.29, 1.82) is 0 Å². The van der Waals surface area contributed by atoms with Crippen molar-refractivity contribution in [1.82, 2.24) is 15.1 Å². The summed E-state index contributed by atoms with van der Waals surface area (Å²) < 4.78 is 0. The van der Waals surface area contributed by atoms with Crippen LogP contribution in [0.5, 0.6) is 0 Å². The lowest BCUT2D eigenvalue weighted by molar-refractivity contribution is -0.136. The topological polar surface area (TPSA) is 52.7 Å². The number of carbonyl (C=O) groups is 2. The van der Waals surface area contributed by atoms with E-state index in [4.69, 9.17) is 0 Å². The second-order valence-corrected chi connectivity index (χ2v) is 5.10. The highest BCUT2D eigenvalue weighted by Crippen LogP contribution is 2.38. The van der Waals surface area contributed by atoms with E-state index in [1.807, 2.05) is 47.6 Å². The van der Waals surface area contributed by atoms with Gasteiger partial charge in [-0.05, 0) is 30.7 Å². The third kappa shape index (κ3) is 1.49. The second kappa shape index (κ2) is 3.96. The summed E-state index contributed by atoms with van der Waals surface area (Å²) in [5.74, 6) is 0.560. The molecule has 1 atom stereocenters. The van der Waals surface area contributed by atoms with Gasteiger partial charge in [0.1, 0.15) is 11.9 Å². The molecule has 4 heterocycles. The zero-order valence-electron chi connectivity index (χ0n) is 10.7. The number of piperidine rings is 1. The van der Waals surface area contributed by atoms with E-state index >= 15 is 0 Å². The first-order valence-electron chi connectivity index (χ1n) is 6.65. The highest BCUT2D eigenvalue weighted by Gasteiger charge is 2.38. The summed E-state index contributed by atoms with van der Waals surface area (Å²) in [6.45, 7) is 0. The Morgan fingerprint density at radius 2 is 1.90 bits per heavy atom. The maximum absolute atomic E-state index is 12.1. The quantitative estimate of drug-likeness (QED) is 0.723. The molecular formula is C15H13N3O2. The Morgan fingerprint density at radius 1 is 1.10 bits per heavy atom. The molecule has 5 nitrogen and oxygen atoms in total. The largest absolute Gasteiger partial charge is 0.319 e. The van der Waals surface area contributed by atoms with Crippen molar-refractivity contribution >= 4 is 11.8 Å². The van der Waals surface area contributed by atoms with E-state index in [-0.39, 0.29) is 17.9 Å². The smallest absolute Gasteiger partial charge is 0.249 e. The van der Waals surface area contributed by atoms with E-state index in [1.54, 1.807) is 0 Å². The molecule has 1 saturated heterocycles.